The zero-order valence-corrected chi connectivity index (χ0v) is 14.1. The summed E-state index contributed by atoms with van der Waals surface area (Å²) < 4.78 is 16.2. The van der Waals surface area contributed by atoms with Crippen LogP contribution < -0.4 is 5.32 Å². The van der Waals surface area contributed by atoms with E-state index in [1.807, 2.05) is 0 Å². The highest BCUT2D eigenvalue weighted by atomic mass is 127. The molecule has 2 aromatic carbocycles. The summed E-state index contributed by atoms with van der Waals surface area (Å²) in [6.07, 6.45) is 3.60. The van der Waals surface area contributed by atoms with E-state index in [1.54, 1.807) is 16.8 Å². The van der Waals surface area contributed by atoms with E-state index in [2.05, 4.69) is 68.3 Å². The maximum absolute atomic E-state index is 13.2. The van der Waals surface area contributed by atoms with Crippen LogP contribution in [0.4, 0.5) is 10.3 Å². The summed E-state index contributed by atoms with van der Waals surface area (Å²) in [5, 5.41) is 7.58. The predicted octanol–water partition coefficient (Wildman–Crippen LogP) is 4.08. The molecular weight excluding hydrogens is 406 g/mol. The number of nitrogens with zero attached hydrogens (tertiary/aromatic N) is 3. The van der Waals surface area contributed by atoms with Crippen molar-refractivity contribution >= 4 is 34.2 Å². The van der Waals surface area contributed by atoms with Crippen LogP contribution in [-0.2, 0) is 0 Å². The summed E-state index contributed by atoms with van der Waals surface area (Å²) in [5.41, 5.74) is 3.01. The van der Waals surface area contributed by atoms with E-state index in [9.17, 15) is 4.39 Å². The molecule has 2 heterocycles. The summed E-state index contributed by atoms with van der Waals surface area (Å²) in [6.45, 7) is 0. The summed E-state index contributed by atoms with van der Waals surface area (Å²) >= 11 is 2.28. The average molecular weight is 418 g/mol. The number of halogens is 2. The molecule has 0 saturated carbocycles. The quantitative estimate of drug-likeness (QED) is 0.638. The van der Waals surface area contributed by atoms with Crippen LogP contribution in [0.25, 0.3) is 5.70 Å². The van der Waals surface area contributed by atoms with Crippen molar-refractivity contribution in [3.8, 4) is 0 Å². The van der Waals surface area contributed by atoms with Crippen LogP contribution in [0.15, 0.2) is 60.9 Å². The molecular formula is C17H12FIN4. The van der Waals surface area contributed by atoms with Crippen LogP contribution in [0.2, 0.25) is 0 Å². The molecule has 1 aliphatic heterocycles. The number of hydrogen-bond donors (Lipinski definition) is 1. The van der Waals surface area contributed by atoms with E-state index in [4.69, 9.17) is 0 Å². The van der Waals surface area contributed by atoms with Crippen molar-refractivity contribution in [1.29, 1.82) is 0 Å². The minimum Gasteiger partial charge on any atom is -0.324 e. The van der Waals surface area contributed by atoms with Crippen LogP contribution >= 0.6 is 22.6 Å². The molecule has 0 bridgehead atoms. The highest BCUT2D eigenvalue weighted by Crippen LogP contribution is 2.32. The fraction of sp³-hybridized carbons (Fsp3) is 0.0588. The van der Waals surface area contributed by atoms with E-state index < -0.39 is 0 Å². The molecule has 4 rings (SSSR count). The first-order chi connectivity index (χ1) is 11.2. The Morgan fingerprint density at radius 3 is 2.52 bits per heavy atom. The van der Waals surface area contributed by atoms with Gasteiger partial charge in [0.25, 0.3) is 0 Å². The third-order valence-corrected chi connectivity index (χ3v) is 4.49. The Hall–Kier alpha value is -2.22. The fourth-order valence-electron chi connectivity index (χ4n) is 2.63. The number of hydrogen-bond acceptors (Lipinski definition) is 3. The van der Waals surface area contributed by atoms with Crippen molar-refractivity contribution in [2.24, 2.45) is 0 Å². The van der Waals surface area contributed by atoms with E-state index in [1.165, 1.54) is 22.0 Å². The molecule has 1 aromatic heterocycles. The Morgan fingerprint density at radius 1 is 1.04 bits per heavy atom. The van der Waals surface area contributed by atoms with Gasteiger partial charge in [0.2, 0.25) is 5.95 Å². The Kier molecular flexibility index (Phi) is 3.60. The lowest BCUT2D eigenvalue weighted by Crippen LogP contribution is -2.20. The number of rotatable bonds is 2. The standard InChI is InChI=1S/C17H12FIN4/c18-13-5-1-12(2-6-13)16-9-15(11-3-7-14(19)8-4-11)22-17-20-10-21-23(16)17/h1-10,16H,(H,20,21,22). The maximum atomic E-state index is 13.2. The molecule has 1 aliphatic rings. The lowest BCUT2D eigenvalue weighted by Gasteiger charge is -2.24. The molecule has 0 saturated heterocycles. The van der Waals surface area contributed by atoms with Crippen LogP contribution in [0.3, 0.4) is 0 Å². The van der Waals surface area contributed by atoms with E-state index in [0.29, 0.717) is 5.95 Å². The molecule has 1 N–H and O–H groups in total. The SMILES string of the molecule is Fc1ccc(C2C=C(c3ccc(I)cc3)Nc3ncnn32)cc1. The van der Waals surface area contributed by atoms with Crippen LogP contribution in [0.5, 0.6) is 0 Å². The number of aromatic nitrogens is 3. The molecule has 0 aliphatic carbocycles. The van der Waals surface area contributed by atoms with Crippen molar-refractivity contribution in [1.82, 2.24) is 14.8 Å². The molecule has 1 atom stereocenters. The van der Waals surface area contributed by atoms with Crippen LogP contribution in [-0.4, -0.2) is 14.8 Å². The van der Waals surface area contributed by atoms with Gasteiger partial charge in [-0.1, -0.05) is 24.3 Å². The van der Waals surface area contributed by atoms with E-state index >= 15 is 0 Å². The zero-order valence-electron chi connectivity index (χ0n) is 11.9. The van der Waals surface area contributed by atoms with Gasteiger partial charge in [-0.05, 0) is 64.1 Å². The Morgan fingerprint density at radius 2 is 1.78 bits per heavy atom. The van der Waals surface area contributed by atoms with Gasteiger partial charge in [0, 0.05) is 9.27 Å². The number of fused-ring (bicyclic) bond motifs is 1. The first-order valence-corrected chi connectivity index (χ1v) is 8.18. The van der Waals surface area contributed by atoms with E-state index in [0.717, 1.165) is 16.8 Å². The molecule has 0 radical (unpaired) electrons. The Labute approximate surface area is 146 Å². The lowest BCUT2D eigenvalue weighted by atomic mass is 10.0. The summed E-state index contributed by atoms with van der Waals surface area (Å²) in [4.78, 5) is 4.27. The van der Waals surface area contributed by atoms with Gasteiger partial charge in [-0.2, -0.15) is 10.1 Å². The normalized spacial score (nSPS) is 16.4. The molecule has 23 heavy (non-hydrogen) atoms. The van der Waals surface area contributed by atoms with Gasteiger partial charge in [-0.3, -0.25) is 0 Å². The van der Waals surface area contributed by atoms with Crippen molar-refractivity contribution in [3.05, 3.63) is 81.4 Å². The first-order valence-electron chi connectivity index (χ1n) is 7.10. The number of benzene rings is 2. The first kappa shape index (κ1) is 14.4. The van der Waals surface area contributed by atoms with Gasteiger partial charge < -0.3 is 5.32 Å². The predicted molar refractivity (Wildman–Crippen MR) is 95.3 cm³/mol. The molecule has 4 nitrogen and oxygen atoms in total. The van der Waals surface area contributed by atoms with Gasteiger partial charge in [-0.15, -0.1) is 0 Å². The van der Waals surface area contributed by atoms with Crippen LogP contribution in [0.1, 0.15) is 17.2 Å². The summed E-state index contributed by atoms with van der Waals surface area (Å²) in [5.74, 6) is 0.429. The van der Waals surface area contributed by atoms with Gasteiger partial charge in [0.05, 0.1) is 0 Å². The van der Waals surface area contributed by atoms with Gasteiger partial charge >= 0.3 is 0 Å². The molecule has 0 amide bonds. The van der Waals surface area contributed by atoms with Crippen molar-refractivity contribution in [2.45, 2.75) is 6.04 Å². The smallest absolute Gasteiger partial charge is 0.226 e. The highest BCUT2D eigenvalue weighted by molar-refractivity contribution is 14.1. The largest absolute Gasteiger partial charge is 0.324 e. The molecule has 1 unspecified atom stereocenters. The highest BCUT2D eigenvalue weighted by Gasteiger charge is 2.23. The topological polar surface area (TPSA) is 42.7 Å². The summed E-state index contributed by atoms with van der Waals surface area (Å²) in [7, 11) is 0. The van der Waals surface area contributed by atoms with Gasteiger partial charge in [0.15, 0.2) is 0 Å². The van der Waals surface area contributed by atoms with Crippen molar-refractivity contribution < 1.29 is 4.39 Å². The van der Waals surface area contributed by atoms with Crippen molar-refractivity contribution in [3.63, 3.8) is 0 Å². The third-order valence-electron chi connectivity index (χ3n) is 3.77. The number of anilines is 1. The monoisotopic (exact) mass is 418 g/mol. The van der Waals surface area contributed by atoms with Crippen LogP contribution in [0, 0.1) is 9.39 Å². The lowest BCUT2D eigenvalue weighted by molar-refractivity contribution is 0.603. The Balaban J connectivity index is 1.79. The fourth-order valence-corrected chi connectivity index (χ4v) is 2.99. The second kappa shape index (κ2) is 5.77. The van der Waals surface area contributed by atoms with Gasteiger partial charge in [0.1, 0.15) is 18.2 Å². The second-order valence-electron chi connectivity index (χ2n) is 5.24. The molecule has 3 aromatic rings. The minimum absolute atomic E-state index is 0.122. The van der Waals surface area contributed by atoms with Crippen molar-refractivity contribution in [2.75, 3.05) is 5.32 Å². The summed E-state index contributed by atoms with van der Waals surface area (Å²) in [6, 6.07) is 14.6. The molecule has 0 spiro atoms. The number of nitrogens with one attached hydrogen (secondary N) is 1. The number of allylic oxidation sites excluding steroid dienone is 1. The molecule has 0 fully saturated rings. The molecule has 114 valence electrons. The third kappa shape index (κ3) is 2.74. The average Bonchev–Trinajstić information content (AvgIpc) is 3.04. The zero-order chi connectivity index (χ0) is 15.8. The van der Waals surface area contributed by atoms with E-state index in [-0.39, 0.29) is 11.9 Å². The van der Waals surface area contributed by atoms with Gasteiger partial charge in [-0.25, -0.2) is 9.07 Å². The Bertz CT molecular complexity index is 868. The molecule has 6 heteroatoms. The minimum atomic E-state index is -0.247. The second-order valence-corrected chi connectivity index (χ2v) is 6.48. The maximum Gasteiger partial charge on any atom is 0.226 e.